The molecular formula is C31H31ClFN7O4S. The zero-order valence-electron chi connectivity index (χ0n) is 24.7. The van der Waals surface area contributed by atoms with Crippen LogP contribution in [0.3, 0.4) is 0 Å². The summed E-state index contributed by atoms with van der Waals surface area (Å²) in [5.74, 6) is -0.153. The van der Waals surface area contributed by atoms with E-state index in [1.54, 1.807) is 18.0 Å². The number of benzene rings is 2. The summed E-state index contributed by atoms with van der Waals surface area (Å²) in [5, 5.41) is 25.0. The summed E-state index contributed by atoms with van der Waals surface area (Å²) in [5.41, 5.74) is 8.75. The van der Waals surface area contributed by atoms with E-state index in [0.717, 1.165) is 41.9 Å². The van der Waals surface area contributed by atoms with Crippen LogP contribution in [-0.4, -0.2) is 82.8 Å². The Morgan fingerprint density at radius 1 is 1.29 bits per heavy atom. The number of nitrogens with one attached hydrogen (secondary N) is 1. The monoisotopic (exact) mass is 651 g/mol. The third kappa shape index (κ3) is 4.66. The number of fused-ring (bicyclic) bond motifs is 4. The largest absolute Gasteiger partial charge is 0.461 e. The molecule has 2 unspecified atom stereocenters. The maximum Gasteiger partial charge on any atom is 0.319 e. The fraction of sp³-hybridized carbons (Fsp3) is 0.419. The van der Waals surface area contributed by atoms with Crippen molar-refractivity contribution in [3.8, 4) is 23.2 Å². The minimum Gasteiger partial charge on any atom is -0.461 e. The van der Waals surface area contributed by atoms with Crippen molar-refractivity contribution in [1.29, 1.82) is 5.26 Å². The normalized spacial score (nSPS) is 21.6. The number of carbonyl (C=O) groups is 1. The first-order chi connectivity index (χ1) is 21.7. The van der Waals surface area contributed by atoms with E-state index in [4.69, 9.17) is 36.8 Å². The molecule has 4 aromatic rings. The molecule has 234 valence electrons. The molecule has 45 heavy (non-hydrogen) atoms. The summed E-state index contributed by atoms with van der Waals surface area (Å²) in [6.45, 7) is 1.93. The average molecular weight is 652 g/mol. The molecule has 0 bridgehead atoms. The van der Waals surface area contributed by atoms with Gasteiger partial charge in [0.25, 0.3) is 0 Å². The summed E-state index contributed by atoms with van der Waals surface area (Å²) in [6.07, 6.45) is 2.27. The Bertz CT molecular complexity index is 1930. The molecule has 2 fully saturated rings. The molecule has 2 saturated heterocycles. The molecule has 2 aromatic heterocycles. The first-order valence-electron chi connectivity index (χ1n) is 14.7. The van der Waals surface area contributed by atoms with Crippen LogP contribution < -0.4 is 15.8 Å². The van der Waals surface area contributed by atoms with Crippen LogP contribution in [0.2, 0.25) is 5.02 Å². The first kappa shape index (κ1) is 29.9. The minimum absolute atomic E-state index is 0.0328. The van der Waals surface area contributed by atoms with E-state index in [2.05, 4.69) is 16.3 Å². The number of anilines is 2. The van der Waals surface area contributed by atoms with E-state index in [9.17, 15) is 19.6 Å². The van der Waals surface area contributed by atoms with Gasteiger partial charge in [0.15, 0.2) is 0 Å². The maximum atomic E-state index is 15.0. The van der Waals surface area contributed by atoms with Gasteiger partial charge in [-0.3, -0.25) is 9.69 Å². The highest BCUT2D eigenvalue weighted by Gasteiger charge is 2.40. The number of aliphatic hydroxyl groups is 1. The molecule has 0 radical (unpaired) electrons. The van der Waals surface area contributed by atoms with E-state index in [1.165, 1.54) is 6.07 Å². The van der Waals surface area contributed by atoms with Gasteiger partial charge in [0.05, 0.1) is 51.5 Å². The highest BCUT2D eigenvalue weighted by Crippen LogP contribution is 2.49. The second-order valence-corrected chi connectivity index (χ2v) is 13.3. The predicted octanol–water partition coefficient (Wildman–Crippen LogP) is 4.27. The summed E-state index contributed by atoms with van der Waals surface area (Å²) in [6, 6.07) is 4.60. The lowest BCUT2D eigenvalue weighted by molar-refractivity contribution is -0.127. The number of nitrogens with two attached hydrogens (primary N) is 1. The van der Waals surface area contributed by atoms with Crippen LogP contribution in [0.5, 0.6) is 6.01 Å². The second kappa shape index (κ2) is 11.2. The number of carbonyl (C=O) groups excluding carboxylic acids is 1. The number of nitriles is 1. The van der Waals surface area contributed by atoms with Crippen LogP contribution in [0.4, 0.5) is 15.2 Å². The molecule has 2 aromatic carbocycles. The number of likely N-dealkylation sites (N-methyl/N-ethyl adjacent to an activating group) is 2. The number of nitrogen functional groups attached to an aromatic ring is 1. The Hall–Kier alpha value is -3.80. The molecular weight excluding hydrogens is 621 g/mol. The second-order valence-electron chi connectivity index (χ2n) is 11.9. The van der Waals surface area contributed by atoms with Crippen molar-refractivity contribution < 1.29 is 23.8 Å². The van der Waals surface area contributed by atoms with E-state index in [0.29, 0.717) is 46.2 Å². The number of aromatic nitrogens is 2. The number of hydrogen-bond donors (Lipinski definition) is 3. The van der Waals surface area contributed by atoms with Crippen molar-refractivity contribution in [2.24, 2.45) is 0 Å². The predicted molar refractivity (Wildman–Crippen MR) is 170 cm³/mol. The Morgan fingerprint density at radius 2 is 2.09 bits per heavy atom. The van der Waals surface area contributed by atoms with Gasteiger partial charge in [0.1, 0.15) is 35.4 Å². The molecule has 5 heterocycles. The Balaban J connectivity index is 1.45. The van der Waals surface area contributed by atoms with Gasteiger partial charge in [-0.15, -0.1) is 11.3 Å². The van der Waals surface area contributed by atoms with Gasteiger partial charge in [-0.05, 0) is 55.6 Å². The zero-order valence-corrected chi connectivity index (χ0v) is 26.3. The standard InChI is InChI=1S/C31H31ClFN7O4S/c1-39-9-6-20(29(39)42)36-28-23-18-12-43-11-17(18)21(15-4-5-19(33)26-22(15)16(10-34)27(35)45-26)24(32)25(23)37-30(38-28)44-14-31(13-41)7-3-8-40(31)2/h4-5,20,41H,3,6-9,11-14,35H2,1-2H3,(H,36,37,38). The Morgan fingerprint density at radius 3 is 2.78 bits per heavy atom. The van der Waals surface area contributed by atoms with Gasteiger partial charge in [-0.1, -0.05) is 17.7 Å². The number of halogens is 2. The van der Waals surface area contributed by atoms with Crippen LogP contribution in [0, 0.1) is 17.1 Å². The fourth-order valence-corrected chi connectivity index (χ4v) is 8.09. The number of aliphatic hydroxyl groups excluding tert-OH is 1. The number of ether oxygens (including phenoxy) is 2. The van der Waals surface area contributed by atoms with Gasteiger partial charge in [-0.25, -0.2) is 4.39 Å². The SMILES string of the molecule is CN1CCC(Nc2nc(OCC3(CO)CCCN3C)nc3c(Cl)c(-c4ccc(F)c5sc(N)c(C#N)c45)c4c(c23)COC4)C1=O. The quantitative estimate of drug-likeness (QED) is 0.264. The molecule has 0 saturated carbocycles. The van der Waals surface area contributed by atoms with E-state index in [1.807, 2.05) is 7.05 Å². The van der Waals surface area contributed by atoms with Gasteiger partial charge in [0.2, 0.25) is 5.91 Å². The van der Waals surface area contributed by atoms with Crippen molar-refractivity contribution in [1.82, 2.24) is 19.8 Å². The van der Waals surface area contributed by atoms with Crippen molar-refractivity contribution in [2.45, 2.75) is 44.1 Å². The van der Waals surface area contributed by atoms with Gasteiger partial charge in [-0.2, -0.15) is 15.2 Å². The van der Waals surface area contributed by atoms with Crippen LogP contribution in [0.1, 0.15) is 36.0 Å². The number of nitrogens with zero attached hydrogens (tertiary/aromatic N) is 5. The molecule has 2 atom stereocenters. The molecule has 14 heteroatoms. The summed E-state index contributed by atoms with van der Waals surface area (Å²) >= 11 is 8.28. The lowest BCUT2D eigenvalue weighted by Gasteiger charge is -2.33. The third-order valence-corrected chi connectivity index (χ3v) is 10.8. The number of rotatable bonds is 7. The Labute approximate surface area is 267 Å². The molecule has 4 N–H and O–H groups in total. The molecule has 0 spiro atoms. The van der Waals surface area contributed by atoms with E-state index in [-0.39, 0.29) is 58.6 Å². The Kier molecular flexibility index (Phi) is 7.45. The van der Waals surface area contributed by atoms with Crippen LogP contribution >= 0.6 is 22.9 Å². The number of likely N-dealkylation sites (tertiary alicyclic amines) is 2. The fourth-order valence-electron chi connectivity index (χ4n) is 6.79. The minimum atomic E-state index is -0.580. The average Bonchev–Trinajstić information content (AvgIpc) is 3.81. The van der Waals surface area contributed by atoms with Gasteiger partial charge >= 0.3 is 6.01 Å². The molecule has 7 rings (SSSR count). The van der Waals surface area contributed by atoms with Crippen LogP contribution in [0.15, 0.2) is 12.1 Å². The maximum absolute atomic E-state index is 15.0. The van der Waals surface area contributed by atoms with Crippen molar-refractivity contribution in [2.75, 3.05) is 51.4 Å². The van der Waals surface area contributed by atoms with E-state index < -0.39 is 17.4 Å². The summed E-state index contributed by atoms with van der Waals surface area (Å²) in [7, 11) is 3.71. The molecule has 11 nitrogen and oxygen atoms in total. The summed E-state index contributed by atoms with van der Waals surface area (Å²) < 4.78 is 27.4. The lowest BCUT2D eigenvalue weighted by atomic mass is 9.91. The number of amides is 1. The summed E-state index contributed by atoms with van der Waals surface area (Å²) in [4.78, 5) is 26.2. The molecule has 1 amide bonds. The van der Waals surface area contributed by atoms with Gasteiger partial charge in [0, 0.05) is 24.5 Å². The highest BCUT2D eigenvalue weighted by molar-refractivity contribution is 7.23. The van der Waals surface area contributed by atoms with Crippen molar-refractivity contribution in [3.63, 3.8) is 0 Å². The third-order valence-electron chi connectivity index (χ3n) is 9.42. The van der Waals surface area contributed by atoms with Crippen molar-refractivity contribution in [3.05, 3.63) is 39.7 Å². The molecule has 3 aliphatic rings. The molecule has 3 aliphatic heterocycles. The van der Waals surface area contributed by atoms with Gasteiger partial charge < -0.3 is 30.5 Å². The lowest BCUT2D eigenvalue weighted by Crippen LogP contribution is -2.49. The van der Waals surface area contributed by atoms with Crippen LogP contribution in [0.25, 0.3) is 32.1 Å². The van der Waals surface area contributed by atoms with Crippen molar-refractivity contribution >= 4 is 60.7 Å². The number of hydrogen-bond acceptors (Lipinski definition) is 11. The first-order valence-corrected chi connectivity index (χ1v) is 15.9. The number of thiophene rings is 1. The highest BCUT2D eigenvalue weighted by atomic mass is 35.5. The smallest absolute Gasteiger partial charge is 0.319 e. The van der Waals surface area contributed by atoms with E-state index >= 15 is 0 Å². The zero-order chi connectivity index (χ0) is 31.6. The molecule has 0 aliphatic carbocycles. The van der Waals surface area contributed by atoms with Crippen LogP contribution in [-0.2, 0) is 22.7 Å². The topological polar surface area (TPSA) is 150 Å².